The molecule has 0 unspecified atom stereocenters. The number of nitrogens with one attached hydrogen (secondary N) is 1. The van der Waals surface area contributed by atoms with E-state index in [0.29, 0.717) is 5.92 Å². The summed E-state index contributed by atoms with van der Waals surface area (Å²) in [5, 5.41) is 4.26. The SMILES string of the molecule is NNC(=O)Cn1ccc(C2CC2)n1. The van der Waals surface area contributed by atoms with E-state index in [1.54, 1.807) is 4.68 Å². The summed E-state index contributed by atoms with van der Waals surface area (Å²) in [6, 6.07) is 1.96. The van der Waals surface area contributed by atoms with Crippen molar-refractivity contribution in [1.29, 1.82) is 0 Å². The van der Waals surface area contributed by atoms with Gasteiger partial charge in [-0.05, 0) is 18.9 Å². The smallest absolute Gasteiger partial charge is 0.255 e. The summed E-state index contributed by atoms with van der Waals surface area (Å²) in [7, 11) is 0. The lowest BCUT2D eigenvalue weighted by atomic mass is 10.3. The highest BCUT2D eigenvalue weighted by atomic mass is 16.2. The first-order valence-corrected chi connectivity index (χ1v) is 4.32. The molecule has 1 aliphatic rings. The third kappa shape index (κ3) is 1.86. The topological polar surface area (TPSA) is 72.9 Å². The second-order valence-electron chi connectivity index (χ2n) is 3.28. The summed E-state index contributed by atoms with van der Waals surface area (Å²) in [6.45, 7) is 0.198. The number of carbonyl (C=O) groups excluding carboxylic acids is 1. The third-order valence-corrected chi connectivity index (χ3v) is 2.12. The summed E-state index contributed by atoms with van der Waals surface area (Å²) >= 11 is 0. The number of rotatable bonds is 3. The van der Waals surface area contributed by atoms with Crippen LogP contribution in [0.1, 0.15) is 24.5 Å². The summed E-state index contributed by atoms with van der Waals surface area (Å²) < 4.78 is 1.61. The first kappa shape index (κ1) is 8.25. The van der Waals surface area contributed by atoms with Gasteiger partial charge in [0.15, 0.2) is 0 Å². The van der Waals surface area contributed by atoms with Crippen LogP contribution >= 0.6 is 0 Å². The van der Waals surface area contributed by atoms with Gasteiger partial charge in [0.2, 0.25) is 0 Å². The van der Waals surface area contributed by atoms with Crippen LogP contribution in [0.25, 0.3) is 0 Å². The van der Waals surface area contributed by atoms with Gasteiger partial charge < -0.3 is 0 Å². The Morgan fingerprint density at radius 3 is 3.15 bits per heavy atom. The molecule has 0 bridgehead atoms. The van der Waals surface area contributed by atoms with Crippen molar-refractivity contribution in [2.45, 2.75) is 25.3 Å². The van der Waals surface area contributed by atoms with E-state index in [9.17, 15) is 4.79 Å². The predicted molar refractivity (Wildman–Crippen MR) is 46.5 cm³/mol. The van der Waals surface area contributed by atoms with Crippen LogP contribution in [0.2, 0.25) is 0 Å². The number of nitrogens with two attached hydrogens (primary N) is 1. The largest absolute Gasteiger partial charge is 0.293 e. The van der Waals surface area contributed by atoms with Crippen molar-refractivity contribution in [3.05, 3.63) is 18.0 Å². The lowest BCUT2D eigenvalue weighted by Gasteiger charge is -1.98. The van der Waals surface area contributed by atoms with E-state index in [4.69, 9.17) is 5.84 Å². The summed E-state index contributed by atoms with van der Waals surface area (Å²) in [4.78, 5) is 10.9. The molecule has 2 rings (SSSR count). The average Bonchev–Trinajstić information content (AvgIpc) is 2.88. The number of hydrazine groups is 1. The van der Waals surface area contributed by atoms with Crippen LogP contribution in [-0.4, -0.2) is 15.7 Å². The van der Waals surface area contributed by atoms with Crippen LogP contribution in [0.3, 0.4) is 0 Å². The van der Waals surface area contributed by atoms with Crippen molar-refractivity contribution in [1.82, 2.24) is 15.2 Å². The highest BCUT2D eigenvalue weighted by Gasteiger charge is 2.25. The first-order chi connectivity index (χ1) is 6.29. The number of aromatic nitrogens is 2. The molecule has 0 aromatic carbocycles. The minimum absolute atomic E-state index is 0.198. The molecule has 5 heteroatoms. The van der Waals surface area contributed by atoms with E-state index >= 15 is 0 Å². The summed E-state index contributed by atoms with van der Waals surface area (Å²) in [5.74, 6) is 5.35. The molecule has 1 heterocycles. The van der Waals surface area contributed by atoms with Gasteiger partial charge in [-0.15, -0.1) is 0 Å². The van der Waals surface area contributed by atoms with Gasteiger partial charge in [-0.25, -0.2) is 5.84 Å². The number of carbonyl (C=O) groups is 1. The lowest BCUT2D eigenvalue weighted by Crippen LogP contribution is -2.33. The van der Waals surface area contributed by atoms with E-state index < -0.39 is 0 Å². The van der Waals surface area contributed by atoms with Crippen molar-refractivity contribution < 1.29 is 4.79 Å². The minimum Gasteiger partial charge on any atom is -0.293 e. The number of hydrogen-bond donors (Lipinski definition) is 2. The molecular formula is C8H12N4O. The van der Waals surface area contributed by atoms with E-state index in [-0.39, 0.29) is 12.5 Å². The van der Waals surface area contributed by atoms with Gasteiger partial charge in [0.25, 0.3) is 5.91 Å². The van der Waals surface area contributed by atoms with Crippen molar-refractivity contribution in [3.8, 4) is 0 Å². The minimum atomic E-state index is -0.231. The Labute approximate surface area is 75.9 Å². The van der Waals surface area contributed by atoms with Crippen LogP contribution in [0.5, 0.6) is 0 Å². The molecule has 1 fully saturated rings. The molecule has 0 saturated heterocycles. The molecule has 1 saturated carbocycles. The third-order valence-electron chi connectivity index (χ3n) is 2.12. The van der Waals surface area contributed by atoms with E-state index in [0.717, 1.165) is 5.69 Å². The van der Waals surface area contributed by atoms with Gasteiger partial charge >= 0.3 is 0 Å². The Morgan fingerprint density at radius 2 is 2.54 bits per heavy atom. The maximum Gasteiger partial charge on any atom is 0.255 e. The van der Waals surface area contributed by atoms with Gasteiger partial charge in [0, 0.05) is 12.1 Å². The van der Waals surface area contributed by atoms with Gasteiger partial charge in [0.05, 0.1) is 5.69 Å². The molecule has 0 spiro atoms. The maximum atomic E-state index is 10.9. The zero-order valence-corrected chi connectivity index (χ0v) is 7.23. The molecule has 13 heavy (non-hydrogen) atoms. The second-order valence-corrected chi connectivity index (χ2v) is 3.28. The Bertz CT molecular complexity index is 316. The molecule has 0 aliphatic heterocycles. The summed E-state index contributed by atoms with van der Waals surface area (Å²) in [6.07, 6.45) is 4.25. The van der Waals surface area contributed by atoms with Gasteiger partial charge in [-0.2, -0.15) is 5.10 Å². The van der Waals surface area contributed by atoms with Crippen LogP contribution in [-0.2, 0) is 11.3 Å². The first-order valence-electron chi connectivity index (χ1n) is 4.32. The molecule has 0 radical (unpaired) electrons. The molecule has 0 atom stereocenters. The summed E-state index contributed by atoms with van der Waals surface area (Å²) in [5.41, 5.74) is 3.16. The molecule has 5 nitrogen and oxygen atoms in total. The fourth-order valence-corrected chi connectivity index (χ4v) is 1.26. The molecule has 1 aliphatic carbocycles. The Hall–Kier alpha value is -1.36. The standard InChI is InChI=1S/C8H12N4O/c9-10-8(13)5-12-4-3-7(11-12)6-1-2-6/h3-4,6H,1-2,5,9H2,(H,10,13). The van der Waals surface area contributed by atoms with Crippen molar-refractivity contribution in [3.63, 3.8) is 0 Å². The zero-order chi connectivity index (χ0) is 9.26. The van der Waals surface area contributed by atoms with Gasteiger partial charge in [-0.3, -0.25) is 14.9 Å². The van der Waals surface area contributed by atoms with Crippen molar-refractivity contribution >= 4 is 5.91 Å². The Balaban J connectivity index is 2.00. The van der Waals surface area contributed by atoms with Gasteiger partial charge in [0.1, 0.15) is 6.54 Å². The average molecular weight is 180 g/mol. The molecule has 1 amide bonds. The maximum absolute atomic E-state index is 10.9. The highest BCUT2D eigenvalue weighted by molar-refractivity contribution is 5.74. The van der Waals surface area contributed by atoms with Crippen LogP contribution in [0.4, 0.5) is 0 Å². The number of nitrogens with zero attached hydrogens (tertiary/aromatic N) is 2. The van der Waals surface area contributed by atoms with E-state index in [2.05, 4.69) is 10.5 Å². The normalized spacial score (nSPS) is 15.8. The molecular weight excluding hydrogens is 168 g/mol. The lowest BCUT2D eigenvalue weighted by molar-refractivity contribution is -0.121. The fraction of sp³-hybridized carbons (Fsp3) is 0.500. The predicted octanol–water partition coefficient (Wildman–Crippen LogP) is -0.250. The second kappa shape index (κ2) is 3.18. The molecule has 1 aromatic rings. The van der Waals surface area contributed by atoms with Crippen molar-refractivity contribution in [2.75, 3.05) is 0 Å². The van der Waals surface area contributed by atoms with E-state index in [1.807, 2.05) is 12.3 Å². The van der Waals surface area contributed by atoms with Crippen LogP contribution in [0, 0.1) is 0 Å². The molecule has 1 aromatic heterocycles. The van der Waals surface area contributed by atoms with Crippen LogP contribution < -0.4 is 11.3 Å². The van der Waals surface area contributed by atoms with E-state index in [1.165, 1.54) is 12.8 Å². The zero-order valence-electron chi connectivity index (χ0n) is 7.23. The number of hydrogen-bond acceptors (Lipinski definition) is 3. The van der Waals surface area contributed by atoms with Crippen molar-refractivity contribution in [2.24, 2.45) is 5.84 Å². The van der Waals surface area contributed by atoms with Crippen LogP contribution in [0.15, 0.2) is 12.3 Å². The highest BCUT2D eigenvalue weighted by Crippen LogP contribution is 2.38. The Kier molecular flexibility index (Phi) is 2.02. The fourth-order valence-electron chi connectivity index (χ4n) is 1.26. The monoisotopic (exact) mass is 180 g/mol. The van der Waals surface area contributed by atoms with Gasteiger partial charge in [-0.1, -0.05) is 0 Å². The quantitative estimate of drug-likeness (QED) is 0.383. The number of amides is 1. The Morgan fingerprint density at radius 1 is 1.77 bits per heavy atom. The molecule has 70 valence electrons. The molecule has 3 N–H and O–H groups in total.